The van der Waals surface area contributed by atoms with Gasteiger partial charge in [-0.25, -0.2) is 9.97 Å². The minimum Gasteiger partial charge on any atom is -0.442 e. The maximum Gasteiger partial charge on any atom is 0.263 e. The van der Waals surface area contributed by atoms with E-state index in [1.165, 1.54) is 12.5 Å². The van der Waals surface area contributed by atoms with Crippen molar-refractivity contribution in [1.29, 1.82) is 0 Å². The lowest BCUT2D eigenvalue weighted by molar-refractivity contribution is -0.122. The molecule has 0 aliphatic heterocycles. The number of oxazole rings is 1. The Morgan fingerprint density at radius 3 is 2.77 bits per heavy atom. The normalized spacial score (nSPS) is 12.3. The summed E-state index contributed by atoms with van der Waals surface area (Å²) in [6, 6.07) is -0.184. The van der Waals surface area contributed by atoms with Crippen molar-refractivity contribution in [2.75, 3.05) is 20.6 Å². The highest BCUT2D eigenvalue weighted by molar-refractivity contribution is 9.10. The summed E-state index contributed by atoms with van der Waals surface area (Å²) in [7, 11) is 3.70. The lowest BCUT2D eigenvalue weighted by atomic mass is 10.1. The number of nitrogens with zero attached hydrogens (tertiary/aromatic N) is 3. The first-order chi connectivity index (χ1) is 12.5. The molecule has 26 heavy (non-hydrogen) atoms. The zero-order chi connectivity index (χ0) is 18.9. The second-order valence-corrected chi connectivity index (χ2v) is 7.14. The number of likely N-dealkylation sites (N-methyl/N-ethyl adjacent to an activating group) is 1. The lowest BCUT2D eigenvalue weighted by Gasteiger charge is -2.18. The van der Waals surface area contributed by atoms with Crippen LogP contribution in [0.3, 0.4) is 0 Å². The maximum absolute atomic E-state index is 12.1. The van der Waals surface area contributed by atoms with Crippen molar-refractivity contribution in [3.63, 3.8) is 0 Å². The van der Waals surface area contributed by atoms with Crippen LogP contribution >= 0.6 is 15.9 Å². The fourth-order valence-corrected chi connectivity index (χ4v) is 2.88. The van der Waals surface area contributed by atoms with Crippen LogP contribution in [-0.2, 0) is 4.79 Å². The van der Waals surface area contributed by atoms with Gasteiger partial charge in [0.2, 0.25) is 11.7 Å². The van der Waals surface area contributed by atoms with Gasteiger partial charge < -0.3 is 19.6 Å². The van der Waals surface area contributed by atoms with Crippen molar-refractivity contribution >= 4 is 27.6 Å². The van der Waals surface area contributed by atoms with Gasteiger partial charge in [-0.3, -0.25) is 9.59 Å². The number of halogens is 1. The summed E-state index contributed by atoms with van der Waals surface area (Å²) in [4.78, 5) is 37.0. The van der Waals surface area contributed by atoms with Gasteiger partial charge in [-0.2, -0.15) is 0 Å². The quantitative estimate of drug-likeness (QED) is 0.423. The molecule has 2 heterocycles. The highest BCUT2D eigenvalue weighted by atomic mass is 79.9. The van der Waals surface area contributed by atoms with Gasteiger partial charge in [0.05, 0.1) is 18.8 Å². The number of H-pyrrole nitrogens is 1. The molecule has 1 amide bonds. The largest absolute Gasteiger partial charge is 0.442 e. The third-order valence-electron chi connectivity index (χ3n) is 3.76. The van der Waals surface area contributed by atoms with Gasteiger partial charge in [0, 0.05) is 12.6 Å². The van der Waals surface area contributed by atoms with E-state index in [0.29, 0.717) is 17.6 Å². The van der Waals surface area contributed by atoms with E-state index in [9.17, 15) is 9.59 Å². The molecule has 0 saturated heterocycles. The van der Waals surface area contributed by atoms with Crippen LogP contribution in [0.4, 0.5) is 0 Å². The van der Waals surface area contributed by atoms with Gasteiger partial charge in [-0.05, 0) is 42.9 Å². The standard InChI is InChI=1S/C17H24BrN5O3/c1-23(2)11-15(25)21-12(16-20-10-14(18)22-16)6-4-3-5-7-13(24)17-19-8-9-26-17/h8-10,12H,3-7,11H2,1-2H3,(H,20,22)(H,21,25). The number of amides is 1. The summed E-state index contributed by atoms with van der Waals surface area (Å²) in [6.45, 7) is 0.322. The van der Waals surface area contributed by atoms with Crippen LogP contribution in [0.15, 0.2) is 27.7 Å². The molecule has 9 heteroatoms. The average molecular weight is 426 g/mol. The lowest BCUT2D eigenvalue weighted by Crippen LogP contribution is -2.36. The van der Waals surface area contributed by atoms with E-state index in [1.807, 2.05) is 19.0 Å². The molecule has 142 valence electrons. The molecular formula is C17H24BrN5O3. The number of nitrogens with one attached hydrogen (secondary N) is 2. The molecule has 1 unspecified atom stereocenters. The van der Waals surface area contributed by atoms with Crippen LogP contribution in [0.1, 0.15) is 54.7 Å². The number of carbonyl (C=O) groups excluding carboxylic acids is 2. The second kappa shape index (κ2) is 10.2. The fraction of sp³-hybridized carbons (Fsp3) is 0.529. The van der Waals surface area contributed by atoms with E-state index >= 15 is 0 Å². The van der Waals surface area contributed by atoms with Crippen LogP contribution in [0.2, 0.25) is 0 Å². The number of unbranched alkanes of at least 4 members (excludes halogenated alkanes) is 2. The molecule has 0 fully saturated rings. The summed E-state index contributed by atoms with van der Waals surface area (Å²) in [5.74, 6) is 0.756. The molecule has 0 radical (unpaired) electrons. The number of Topliss-reactive ketones (excluding diaryl/α,β-unsaturated/α-hetero) is 1. The first kappa shape index (κ1) is 20.3. The zero-order valence-corrected chi connectivity index (χ0v) is 16.6. The van der Waals surface area contributed by atoms with Crippen LogP contribution < -0.4 is 5.32 Å². The Balaban J connectivity index is 1.79. The Bertz CT molecular complexity index is 699. The topological polar surface area (TPSA) is 104 Å². The molecule has 0 saturated carbocycles. The van der Waals surface area contributed by atoms with Crippen molar-refractivity contribution in [2.24, 2.45) is 0 Å². The molecule has 2 rings (SSSR count). The number of aromatic nitrogens is 3. The van der Waals surface area contributed by atoms with Gasteiger partial charge in [0.15, 0.2) is 0 Å². The van der Waals surface area contributed by atoms with E-state index < -0.39 is 0 Å². The molecule has 0 aromatic carbocycles. The Morgan fingerprint density at radius 1 is 1.35 bits per heavy atom. The summed E-state index contributed by atoms with van der Waals surface area (Å²) in [5.41, 5.74) is 0. The van der Waals surface area contributed by atoms with Gasteiger partial charge in [-0.15, -0.1) is 0 Å². The first-order valence-electron chi connectivity index (χ1n) is 8.53. The predicted octanol–water partition coefficient (Wildman–Crippen LogP) is 2.71. The third kappa shape index (κ3) is 6.72. The van der Waals surface area contributed by atoms with E-state index in [2.05, 4.69) is 36.2 Å². The number of aromatic amines is 1. The molecule has 2 aromatic heterocycles. The molecule has 2 aromatic rings. The molecule has 0 aliphatic rings. The monoisotopic (exact) mass is 425 g/mol. The minimum atomic E-state index is -0.184. The SMILES string of the molecule is CN(C)CC(=O)NC(CCCCCC(=O)c1ncco1)c1nc(Br)c[nH]1. The van der Waals surface area contributed by atoms with Gasteiger partial charge in [0.1, 0.15) is 16.7 Å². The zero-order valence-electron chi connectivity index (χ0n) is 15.0. The van der Waals surface area contributed by atoms with Gasteiger partial charge >= 0.3 is 0 Å². The van der Waals surface area contributed by atoms with Crippen molar-refractivity contribution in [2.45, 2.75) is 38.1 Å². The second-order valence-electron chi connectivity index (χ2n) is 6.33. The van der Waals surface area contributed by atoms with E-state index in [-0.39, 0.29) is 23.6 Å². The average Bonchev–Trinajstić information content (AvgIpc) is 3.24. The van der Waals surface area contributed by atoms with E-state index in [4.69, 9.17) is 4.42 Å². The van der Waals surface area contributed by atoms with Gasteiger partial charge in [0.25, 0.3) is 5.89 Å². The highest BCUT2D eigenvalue weighted by Gasteiger charge is 2.18. The van der Waals surface area contributed by atoms with Crippen molar-refractivity contribution < 1.29 is 14.0 Å². The minimum absolute atomic E-state index is 0.0495. The van der Waals surface area contributed by atoms with Gasteiger partial charge in [-0.1, -0.05) is 12.8 Å². The van der Waals surface area contributed by atoms with Crippen LogP contribution in [0.5, 0.6) is 0 Å². The number of ketones is 1. The molecule has 8 nitrogen and oxygen atoms in total. The molecule has 0 bridgehead atoms. The fourth-order valence-electron chi connectivity index (χ4n) is 2.57. The Morgan fingerprint density at radius 2 is 2.15 bits per heavy atom. The van der Waals surface area contributed by atoms with E-state index in [1.54, 1.807) is 6.20 Å². The molecule has 0 spiro atoms. The number of carbonyl (C=O) groups is 2. The third-order valence-corrected chi connectivity index (χ3v) is 4.17. The van der Waals surface area contributed by atoms with Crippen molar-refractivity contribution in [1.82, 2.24) is 25.2 Å². The smallest absolute Gasteiger partial charge is 0.263 e. The number of rotatable bonds is 11. The molecule has 2 N–H and O–H groups in total. The summed E-state index contributed by atoms with van der Waals surface area (Å²) in [5, 5.41) is 3.01. The molecular weight excluding hydrogens is 402 g/mol. The number of hydrogen-bond donors (Lipinski definition) is 2. The highest BCUT2D eigenvalue weighted by Crippen LogP contribution is 2.20. The van der Waals surface area contributed by atoms with Crippen LogP contribution in [0, 0.1) is 0 Å². The summed E-state index contributed by atoms with van der Waals surface area (Å²) in [6.07, 6.45) is 8.25. The maximum atomic E-state index is 12.1. The molecule has 0 aliphatic carbocycles. The Hall–Kier alpha value is -2.00. The summed E-state index contributed by atoms with van der Waals surface area (Å²) < 4.78 is 5.70. The number of imidazole rings is 1. The van der Waals surface area contributed by atoms with Crippen molar-refractivity contribution in [3.8, 4) is 0 Å². The predicted molar refractivity (Wildman–Crippen MR) is 99.6 cm³/mol. The first-order valence-corrected chi connectivity index (χ1v) is 9.32. The molecule has 1 atom stereocenters. The number of hydrogen-bond acceptors (Lipinski definition) is 6. The van der Waals surface area contributed by atoms with Crippen LogP contribution in [0.25, 0.3) is 0 Å². The Kier molecular flexibility index (Phi) is 7.99. The van der Waals surface area contributed by atoms with E-state index in [0.717, 1.165) is 31.5 Å². The van der Waals surface area contributed by atoms with Crippen molar-refractivity contribution in [3.05, 3.63) is 35.0 Å². The summed E-state index contributed by atoms with van der Waals surface area (Å²) >= 11 is 3.32. The Labute approximate surface area is 160 Å². The van der Waals surface area contributed by atoms with Crippen LogP contribution in [-0.4, -0.2) is 52.2 Å².